The summed E-state index contributed by atoms with van der Waals surface area (Å²) in [6.07, 6.45) is 0.669. The first-order valence-electron chi connectivity index (χ1n) is 8.11. The van der Waals surface area contributed by atoms with Gasteiger partial charge in [-0.3, -0.25) is 4.79 Å². The Morgan fingerprint density at radius 3 is 2.62 bits per heavy atom. The number of aromatic nitrogens is 2. The second kappa shape index (κ2) is 7.69. The lowest BCUT2D eigenvalue weighted by Gasteiger charge is -2.10. The highest BCUT2D eigenvalue weighted by atomic mass is 16.5. The van der Waals surface area contributed by atoms with Crippen molar-refractivity contribution in [1.82, 2.24) is 10.1 Å². The van der Waals surface area contributed by atoms with Crippen LogP contribution in [0, 0.1) is 0 Å². The highest BCUT2D eigenvalue weighted by Gasteiger charge is 2.12. The van der Waals surface area contributed by atoms with Gasteiger partial charge in [0.2, 0.25) is 11.7 Å². The Hall–Kier alpha value is -3.35. The van der Waals surface area contributed by atoms with E-state index in [0.717, 1.165) is 5.56 Å². The van der Waals surface area contributed by atoms with Gasteiger partial charge in [-0.1, -0.05) is 24.2 Å². The van der Waals surface area contributed by atoms with Gasteiger partial charge in [0, 0.05) is 23.2 Å². The molecule has 0 saturated heterocycles. The molecule has 0 aliphatic carbocycles. The molecule has 1 aromatic heterocycles. The Balaban J connectivity index is 1.80. The average Bonchev–Trinajstić information content (AvgIpc) is 3.17. The summed E-state index contributed by atoms with van der Waals surface area (Å²) in [5.74, 6) is 1.86. The molecule has 3 aromatic rings. The highest BCUT2D eigenvalue weighted by molar-refractivity contribution is 6.04. The molecule has 0 fully saturated rings. The molecule has 0 spiro atoms. The Morgan fingerprint density at radius 1 is 1.12 bits per heavy atom. The zero-order valence-corrected chi connectivity index (χ0v) is 14.8. The van der Waals surface area contributed by atoms with Crippen LogP contribution >= 0.6 is 0 Å². The maximum absolute atomic E-state index is 12.5. The first-order valence-corrected chi connectivity index (χ1v) is 8.11. The number of ether oxygens (including phenoxy) is 2. The van der Waals surface area contributed by atoms with Crippen molar-refractivity contribution in [1.29, 1.82) is 0 Å². The van der Waals surface area contributed by atoms with Gasteiger partial charge in [0.05, 0.1) is 14.2 Å². The van der Waals surface area contributed by atoms with Gasteiger partial charge in [0.25, 0.3) is 5.91 Å². The van der Waals surface area contributed by atoms with Gasteiger partial charge in [-0.2, -0.15) is 4.98 Å². The molecule has 134 valence electrons. The molecule has 3 rings (SSSR count). The second-order valence-electron chi connectivity index (χ2n) is 5.47. The summed E-state index contributed by atoms with van der Waals surface area (Å²) in [4.78, 5) is 16.8. The van der Waals surface area contributed by atoms with E-state index in [1.165, 1.54) is 7.11 Å². The third-order valence-electron chi connectivity index (χ3n) is 3.79. The zero-order chi connectivity index (χ0) is 18.5. The minimum absolute atomic E-state index is 0.259. The third-order valence-corrected chi connectivity index (χ3v) is 3.79. The average molecular weight is 353 g/mol. The number of benzene rings is 2. The van der Waals surface area contributed by atoms with Gasteiger partial charge in [0.1, 0.15) is 0 Å². The number of rotatable bonds is 6. The van der Waals surface area contributed by atoms with Crippen LogP contribution in [0.3, 0.4) is 0 Å². The molecule has 0 saturated carbocycles. The zero-order valence-electron chi connectivity index (χ0n) is 14.8. The molecule has 1 heterocycles. The summed E-state index contributed by atoms with van der Waals surface area (Å²) in [5.41, 5.74) is 1.85. The molecule has 7 nitrogen and oxygen atoms in total. The molecule has 1 N–H and O–H groups in total. The van der Waals surface area contributed by atoms with Crippen LogP contribution in [0.15, 0.2) is 47.0 Å². The molecule has 0 atom stereocenters. The molecule has 0 radical (unpaired) electrons. The summed E-state index contributed by atoms with van der Waals surface area (Å²) in [6, 6.07) is 12.3. The monoisotopic (exact) mass is 353 g/mol. The summed E-state index contributed by atoms with van der Waals surface area (Å²) >= 11 is 0. The van der Waals surface area contributed by atoms with E-state index in [0.29, 0.717) is 40.9 Å². The van der Waals surface area contributed by atoms with Crippen molar-refractivity contribution in [2.45, 2.75) is 13.3 Å². The minimum Gasteiger partial charge on any atom is -0.493 e. The van der Waals surface area contributed by atoms with Gasteiger partial charge < -0.3 is 19.3 Å². The number of carbonyl (C=O) groups excluding carboxylic acids is 1. The smallest absolute Gasteiger partial charge is 0.255 e. The summed E-state index contributed by atoms with van der Waals surface area (Å²) in [5, 5.41) is 6.80. The van der Waals surface area contributed by atoms with E-state index in [2.05, 4.69) is 15.5 Å². The number of carbonyl (C=O) groups is 1. The molecule has 0 unspecified atom stereocenters. The largest absolute Gasteiger partial charge is 0.493 e. The maximum Gasteiger partial charge on any atom is 0.255 e. The van der Waals surface area contributed by atoms with Crippen LogP contribution in [0.5, 0.6) is 11.5 Å². The van der Waals surface area contributed by atoms with Crippen molar-refractivity contribution in [2.24, 2.45) is 0 Å². The summed E-state index contributed by atoms with van der Waals surface area (Å²) < 4.78 is 15.6. The fourth-order valence-corrected chi connectivity index (χ4v) is 2.43. The van der Waals surface area contributed by atoms with Crippen molar-refractivity contribution in [3.63, 3.8) is 0 Å². The van der Waals surface area contributed by atoms with Gasteiger partial charge >= 0.3 is 0 Å². The van der Waals surface area contributed by atoms with Crippen molar-refractivity contribution < 1.29 is 18.8 Å². The van der Waals surface area contributed by atoms with E-state index in [4.69, 9.17) is 14.0 Å². The van der Waals surface area contributed by atoms with Crippen LogP contribution in [-0.4, -0.2) is 30.3 Å². The predicted octanol–water partition coefficient (Wildman–Crippen LogP) is 3.57. The number of nitrogens with zero attached hydrogens (tertiary/aromatic N) is 2. The van der Waals surface area contributed by atoms with E-state index in [1.54, 1.807) is 37.4 Å². The minimum atomic E-state index is -0.259. The standard InChI is InChI=1S/C19H19N3O4/c1-4-17-21-18(22-26-17)12-6-5-7-14(10-12)20-19(23)13-8-9-15(24-2)16(11-13)25-3/h5-11H,4H2,1-3H3,(H,20,23). The van der Waals surface area contributed by atoms with E-state index in [9.17, 15) is 4.79 Å². The lowest BCUT2D eigenvalue weighted by atomic mass is 10.1. The maximum atomic E-state index is 12.5. The SMILES string of the molecule is CCc1nc(-c2cccc(NC(=O)c3ccc(OC)c(OC)c3)c2)no1. The second-order valence-corrected chi connectivity index (χ2v) is 5.47. The van der Waals surface area contributed by atoms with Crippen LogP contribution in [0.1, 0.15) is 23.2 Å². The fraction of sp³-hybridized carbons (Fsp3) is 0.211. The molecular weight excluding hydrogens is 334 g/mol. The molecule has 0 aliphatic heterocycles. The summed E-state index contributed by atoms with van der Waals surface area (Å²) in [7, 11) is 3.07. The Labute approximate surface area is 150 Å². The fourth-order valence-electron chi connectivity index (χ4n) is 2.43. The number of aryl methyl sites for hydroxylation is 1. The molecule has 26 heavy (non-hydrogen) atoms. The normalized spacial score (nSPS) is 10.4. The summed E-state index contributed by atoms with van der Waals surface area (Å²) in [6.45, 7) is 1.94. The van der Waals surface area contributed by atoms with Gasteiger partial charge in [-0.25, -0.2) is 0 Å². The molecule has 1 amide bonds. The van der Waals surface area contributed by atoms with E-state index in [-0.39, 0.29) is 5.91 Å². The molecule has 0 aliphatic rings. The van der Waals surface area contributed by atoms with Gasteiger partial charge in [0.15, 0.2) is 11.5 Å². The molecule has 2 aromatic carbocycles. The number of amides is 1. The van der Waals surface area contributed by atoms with Crippen molar-refractivity contribution in [2.75, 3.05) is 19.5 Å². The molecule has 7 heteroatoms. The number of hydrogen-bond acceptors (Lipinski definition) is 6. The lowest BCUT2D eigenvalue weighted by Crippen LogP contribution is -2.12. The molecular formula is C19H19N3O4. The van der Waals surface area contributed by atoms with Crippen LogP contribution in [0.4, 0.5) is 5.69 Å². The van der Waals surface area contributed by atoms with Crippen molar-refractivity contribution in [3.8, 4) is 22.9 Å². The lowest BCUT2D eigenvalue weighted by molar-refractivity contribution is 0.102. The highest BCUT2D eigenvalue weighted by Crippen LogP contribution is 2.28. The molecule has 0 bridgehead atoms. The van der Waals surface area contributed by atoms with E-state index >= 15 is 0 Å². The van der Waals surface area contributed by atoms with Crippen LogP contribution in [0.2, 0.25) is 0 Å². The van der Waals surface area contributed by atoms with E-state index < -0.39 is 0 Å². The Bertz CT molecular complexity index is 921. The Morgan fingerprint density at radius 2 is 1.92 bits per heavy atom. The van der Waals surface area contributed by atoms with E-state index in [1.807, 2.05) is 19.1 Å². The van der Waals surface area contributed by atoms with Gasteiger partial charge in [-0.05, 0) is 30.3 Å². The third kappa shape index (κ3) is 3.66. The predicted molar refractivity (Wildman–Crippen MR) is 96.6 cm³/mol. The first-order chi connectivity index (χ1) is 12.6. The number of anilines is 1. The number of methoxy groups -OCH3 is 2. The number of nitrogens with one attached hydrogen (secondary N) is 1. The van der Waals surface area contributed by atoms with Crippen molar-refractivity contribution in [3.05, 3.63) is 53.9 Å². The number of hydrogen-bond donors (Lipinski definition) is 1. The van der Waals surface area contributed by atoms with Crippen LogP contribution < -0.4 is 14.8 Å². The van der Waals surface area contributed by atoms with Crippen LogP contribution in [-0.2, 0) is 6.42 Å². The van der Waals surface area contributed by atoms with Gasteiger partial charge in [-0.15, -0.1) is 0 Å². The Kier molecular flexibility index (Phi) is 5.17. The van der Waals surface area contributed by atoms with Crippen LogP contribution in [0.25, 0.3) is 11.4 Å². The quantitative estimate of drug-likeness (QED) is 0.729. The van der Waals surface area contributed by atoms with Crippen molar-refractivity contribution >= 4 is 11.6 Å². The topological polar surface area (TPSA) is 86.5 Å². The first kappa shape index (κ1) is 17.5.